The minimum Gasteiger partial charge on any atom is -0.476 e. The Morgan fingerprint density at radius 1 is 1.38 bits per heavy atom. The number of likely N-dealkylation sites (N-methyl/N-ethyl adjacent to an activating group) is 1. The van der Waals surface area contributed by atoms with Crippen molar-refractivity contribution < 1.29 is 19.0 Å². The molecule has 0 unspecified atom stereocenters. The van der Waals surface area contributed by atoms with Crippen molar-refractivity contribution >= 4 is 35.4 Å². The molecule has 0 saturated carbocycles. The van der Waals surface area contributed by atoms with Gasteiger partial charge in [-0.3, -0.25) is 0 Å². The van der Waals surface area contributed by atoms with Gasteiger partial charge >= 0.3 is 5.97 Å². The van der Waals surface area contributed by atoms with Crippen molar-refractivity contribution in [3.8, 4) is 5.75 Å². The van der Waals surface area contributed by atoms with Crippen LogP contribution in [0.25, 0.3) is 0 Å². The van der Waals surface area contributed by atoms with E-state index in [4.69, 9.17) is 9.84 Å². The summed E-state index contributed by atoms with van der Waals surface area (Å²) in [6, 6.07) is 3.91. The van der Waals surface area contributed by atoms with Crippen LogP contribution >= 0.6 is 23.7 Å². The van der Waals surface area contributed by atoms with Gasteiger partial charge in [0.15, 0.2) is 0 Å². The fourth-order valence-corrected chi connectivity index (χ4v) is 4.41. The van der Waals surface area contributed by atoms with Crippen molar-refractivity contribution in [2.75, 3.05) is 31.3 Å². The minimum absolute atomic E-state index is 0.453. The molecular formula is C18H21FN2O3S2. The molecule has 0 bridgehead atoms. The lowest BCUT2D eigenvalue weighted by Gasteiger charge is -2.34. The van der Waals surface area contributed by atoms with E-state index in [1.165, 1.54) is 23.0 Å². The highest BCUT2D eigenvalue weighted by Gasteiger charge is 2.27. The highest BCUT2D eigenvalue weighted by molar-refractivity contribution is 7.98. The number of ether oxygens (including phenoxy) is 1. The third-order valence-electron chi connectivity index (χ3n) is 4.48. The number of fused-ring (bicyclic) bond motifs is 1. The van der Waals surface area contributed by atoms with Crippen molar-refractivity contribution in [1.29, 1.82) is 0 Å². The average Bonchev–Trinajstić information content (AvgIpc) is 2.75. The van der Waals surface area contributed by atoms with E-state index in [0.29, 0.717) is 12.0 Å². The molecule has 8 heteroatoms. The molecule has 0 aromatic heterocycles. The molecule has 2 aliphatic rings. The van der Waals surface area contributed by atoms with Crippen molar-refractivity contribution in [2.24, 2.45) is 0 Å². The zero-order valence-electron chi connectivity index (χ0n) is 14.9. The largest absolute Gasteiger partial charge is 0.476 e. The van der Waals surface area contributed by atoms with E-state index in [-0.39, 0.29) is 0 Å². The summed E-state index contributed by atoms with van der Waals surface area (Å²) in [5, 5.41) is 8.65. The molecule has 1 aromatic rings. The summed E-state index contributed by atoms with van der Waals surface area (Å²) in [5.41, 5.74) is 3.91. The summed E-state index contributed by atoms with van der Waals surface area (Å²) >= 11 is 3.10. The fourth-order valence-electron chi connectivity index (χ4n) is 2.94. The first kappa shape index (κ1) is 19.1. The first-order valence-electron chi connectivity index (χ1n) is 8.23. The topological polar surface area (TPSA) is 53.0 Å². The number of halogens is 1. The van der Waals surface area contributed by atoms with Crippen molar-refractivity contribution in [3.05, 3.63) is 35.5 Å². The van der Waals surface area contributed by atoms with E-state index in [0.717, 1.165) is 41.4 Å². The molecule has 1 aliphatic heterocycles. The first-order valence-corrected chi connectivity index (χ1v) is 10.2. The lowest BCUT2D eigenvalue weighted by Crippen LogP contribution is -2.31. The van der Waals surface area contributed by atoms with Crippen LogP contribution in [0.5, 0.6) is 5.75 Å². The highest BCUT2D eigenvalue weighted by Crippen LogP contribution is 2.45. The second-order valence-corrected chi connectivity index (χ2v) is 8.27. The number of rotatable bonds is 5. The fraction of sp³-hybridized carbons (Fsp3) is 0.389. The van der Waals surface area contributed by atoms with Gasteiger partial charge in [0, 0.05) is 18.8 Å². The van der Waals surface area contributed by atoms with E-state index in [1.54, 1.807) is 11.9 Å². The Hall–Kier alpha value is -1.64. The zero-order valence-corrected chi connectivity index (χ0v) is 16.5. The summed E-state index contributed by atoms with van der Waals surface area (Å²) in [6.45, 7) is 3.99. The zero-order chi connectivity index (χ0) is 18.8. The predicted octanol–water partition coefficient (Wildman–Crippen LogP) is 4.51. The molecular weight excluding hydrogens is 375 g/mol. The van der Waals surface area contributed by atoms with Crippen LogP contribution < -0.4 is 9.64 Å². The van der Waals surface area contributed by atoms with Crippen molar-refractivity contribution in [2.45, 2.75) is 29.6 Å². The number of hydrogen-bond acceptors (Lipinski definition) is 6. The molecule has 1 heterocycles. The van der Waals surface area contributed by atoms with Crippen LogP contribution in [-0.4, -0.2) is 41.8 Å². The molecule has 0 atom stereocenters. The van der Waals surface area contributed by atoms with Crippen LogP contribution in [-0.2, 0) is 4.79 Å². The van der Waals surface area contributed by atoms with Gasteiger partial charge in [-0.1, -0.05) is 5.57 Å². The van der Waals surface area contributed by atoms with Gasteiger partial charge in [0.05, 0.1) is 15.5 Å². The number of benzene rings is 1. The van der Waals surface area contributed by atoms with Gasteiger partial charge < -0.3 is 14.7 Å². The smallest absolute Gasteiger partial charge is 0.368 e. The van der Waals surface area contributed by atoms with Crippen LogP contribution in [0.3, 0.4) is 0 Å². The summed E-state index contributed by atoms with van der Waals surface area (Å²) < 4.78 is 20.8. The van der Waals surface area contributed by atoms with Gasteiger partial charge in [-0.05, 0) is 57.1 Å². The summed E-state index contributed by atoms with van der Waals surface area (Å²) in [4.78, 5) is 14.8. The summed E-state index contributed by atoms with van der Waals surface area (Å²) in [6.07, 6.45) is 4.78. The maximum atomic E-state index is 13.3. The standard InChI is InChI=1S/C18H21FN2O3S2/c1-11-4-5-13(11)21-7-6-20(2)26-16-9-15(17(25-3)8-14(16)21)24-10-12(19)18(22)23/h8-10H,4-7H2,1-3H3,(H,22,23)/b12-10-. The number of allylic oxidation sites excluding steroid dienone is 2. The Labute approximate surface area is 161 Å². The van der Waals surface area contributed by atoms with Gasteiger partial charge in [-0.15, -0.1) is 11.8 Å². The molecule has 0 saturated heterocycles. The van der Waals surface area contributed by atoms with Crippen LogP contribution in [0.4, 0.5) is 10.1 Å². The SMILES string of the molecule is CSc1cc2c(cc1O/C=C(\F)C(=O)O)SN(C)CCN2C1=C(C)CC1. The number of aliphatic carboxylic acids is 1. The molecule has 140 valence electrons. The number of thioether (sulfide) groups is 1. The molecule has 3 rings (SSSR count). The Morgan fingerprint density at radius 2 is 2.15 bits per heavy atom. The van der Waals surface area contributed by atoms with E-state index < -0.39 is 11.8 Å². The van der Waals surface area contributed by atoms with Gasteiger partial charge in [0.1, 0.15) is 12.0 Å². The third kappa shape index (κ3) is 3.87. The van der Waals surface area contributed by atoms with Gasteiger partial charge in [-0.25, -0.2) is 9.10 Å². The van der Waals surface area contributed by atoms with E-state index in [9.17, 15) is 9.18 Å². The second-order valence-electron chi connectivity index (χ2n) is 6.18. The predicted molar refractivity (Wildman–Crippen MR) is 103 cm³/mol. The third-order valence-corrected chi connectivity index (χ3v) is 6.25. The second kappa shape index (κ2) is 7.94. The molecule has 0 spiro atoms. The van der Waals surface area contributed by atoms with Crippen LogP contribution in [0, 0.1) is 0 Å². The Morgan fingerprint density at radius 3 is 2.73 bits per heavy atom. The number of nitrogens with zero attached hydrogens (tertiary/aromatic N) is 2. The van der Waals surface area contributed by atoms with Crippen LogP contribution in [0.2, 0.25) is 0 Å². The first-order chi connectivity index (χ1) is 12.4. The van der Waals surface area contributed by atoms with E-state index in [1.807, 2.05) is 25.4 Å². The average molecular weight is 397 g/mol. The van der Waals surface area contributed by atoms with Crippen molar-refractivity contribution in [1.82, 2.24) is 4.31 Å². The number of carbonyl (C=O) groups is 1. The Balaban J connectivity index is 2.02. The van der Waals surface area contributed by atoms with E-state index in [2.05, 4.69) is 16.1 Å². The Bertz CT molecular complexity index is 795. The van der Waals surface area contributed by atoms with Gasteiger partial charge in [0.2, 0.25) is 5.83 Å². The number of carboxylic acid groups (broad SMARTS) is 1. The molecule has 1 N–H and O–H groups in total. The van der Waals surface area contributed by atoms with Gasteiger partial charge in [-0.2, -0.15) is 4.39 Å². The maximum absolute atomic E-state index is 13.3. The minimum atomic E-state index is -1.64. The summed E-state index contributed by atoms with van der Waals surface area (Å²) in [5.74, 6) is -2.51. The normalized spacial score (nSPS) is 18.3. The molecule has 5 nitrogen and oxygen atoms in total. The maximum Gasteiger partial charge on any atom is 0.368 e. The molecule has 26 heavy (non-hydrogen) atoms. The number of anilines is 1. The monoisotopic (exact) mass is 396 g/mol. The van der Waals surface area contributed by atoms with E-state index >= 15 is 0 Å². The Kier molecular flexibility index (Phi) is 5.84. The summed E-state index contributed by atoms with van der Waals surface area (Å²) in [7, 11) is 2.03. The number of hydrogen-bond donors (Lipinski definition) is 1. The number of carboxylic acids is 1. The van der Waals surface area contributed by atoms with Gasteiger partial charge in [0.25, 0.3) is 0 Å². The molecule has 1 aliphatic carbocycles. The molecule has 0 radical (unpaired) electrons. The van der Waals surface area contributed by atoms with Crippen LogP contribution in [0.1, 0.15) is 19.8 Å². The molecule has 0 amide bonds. The van der Waals surface area contributed by atoms with Crippen LogP contribution in [0.15, 0.2) is 45.3 Å². The lowest BCUT2D eigenvalue weighted by molar-refractivity contribution is -0.134. The highest BCUT2D eigenvalue weighted by atomic mass is 32.2. The quantitative estimate of drug-likeness (QED) is 0.340. The molecule has 0 fully saturated rings. The lowest BCUT2D eigenvalue weighted by atomic mass is 9.94. The van der Waals surface area contributed by atoms with Crippen molar-refractivity contribution in [3.63, 3.8) is 0 Å². The molecule has 1 aromatic carbocycles.